The quantitative estimate of drug-likeness (QED) is 0.466. The molecule has 0 bridgehead atoms. The fourth-order valence-corrected chi connectivity index (χ4v) is 3.66. The highest BCUT2D eigenvalue weighted by Gasteiger charge is 2.16. The molecule has 7 nitrogen and oxygen atoms in total. The number of hydrogen-bond acceptors (Lipinski definition) is 6. The molecule has 0 aliphatic carbocycles. The lowest BCUT2D eigenvalue weighted by atomic mass is 10.0. The number of rotatable bonds is 6. The molecule has 1 aromatic carbocycles. The summed E-state index contributed by atoms with van der Waals surface area (Å²) in [5.41, 5.74) is 8.10. The smallest absolute Gasteiger partial charge is 0.152 e. The van der Waals surface area contributed by atoms with E-state index in [0.717, 1.165) is 28.3 Å². The molecule has 164 valence electrons. The number of aliphatic hydroxyl groups is 1. The van der Waals surface area contributed by atoms with Crippen LogP contribution in [-0.2, 0) is 6.61 Å². The van der Waals surface area contributed by atoms with Crippen molar-refractivity contribution in [1.82, 2.24) is 24.7 Å². The summed E-state index contributed by atoms with van der Waals surface area (Å²) >= 11 is 0. The van der Waals surface area contributed by atoms with Gasteiger partial charge in [0.15, 0.2) is 5.82 Å². The van der Waals surface area contributed by atoms with Crippen LogP contribution in [0.5, 0.6) is 0 Å². The van der Waals surface area contributed by atoms with Crippen LogP contribution in [0.2, 0.25) is 0 Å². The largest absolute Gasteiger partial charge is 0.390 e. The highest BCUT2D eigenvalue weighted by molar-refractivity contribution is 5.65. The van der Waals surface area contributed by atoms with Crippen LogP contribution < -0.4 is 5.32 Å². The summed E-state index contributed by atoms with van der Waals surface area (Å²) in [5.74, 6) is 0.757. The van der Waals surface area contributed by atoms with Gasteiger partial charge in [0.2, 0.25) is 0 Å². The Hall–Kier alpha value is -3.58. The molecular weight excluding hydrogens is 400 g/mol. The first kappa shape index (κ1) is 21.6. The van der Waals surface area contributed by atoms with E-state index in [9.17, 15) is 5.11 Å². The maximum Gasteiger partial charge on any atom is 0.152 e. The molecule has 2 N–H and O–H groups in total. The topological polar surface area (TPSA) is 88.8 Å². The zero-order valence-corrected chi connectivity index (χ0v) is 19.1. The molecule has 0 radical (unpaired) electrons. The molecule has 0 aliphatic heterocycles. The Bertz CT molecular complexity index is 1250. The standard InChI is InChI=1S/C25H28N6O/c1-15-6-8-20(9-7-15)19(5)27-25-18(4)17(3)24(29-30-25)21-10-11-23(22(13-32)28-21)31-12-16(2)26-14-31/h6-12,14,19,32H,13H2,1-5H3,(H,27,30)/t19-/m0/s1. The Kier molecular flexibility index (Phi) is 6.01. The van der Waals surface area contributed by atoms with E-state index >= 15 is 0 Å². The lowest BCUT2D eigenvalue weighted by Gasteiger charge is -2.18. The fraction of sp³-hybridized carbons (Fsp3) is 0.280. The number of benzene rings is 1. The van der Waals surface area contributed by atoms with Crippen molar-refractivity contribution in [2.75, 3.05) is 5.32 Å². The second-order valence-corrected chi connectivity index (χ2v) is 8.17. The molecule has 0 spiro atoms. The van der Waals surface area contributed by atoms with Crippen LogP contribution in [0.3, 0.4) is 0 Å². The highest BCUT2D eigenvalue weighted by atomic mass is 16.3. The fourth-order valence-electron chi connectivity index (χ4n) is 3.66. The second kappa shape index (κ2) is 8.88. The van der Waals surface area contributed by atoms with E-state index < -0.39 is 0 Å². The minimum Gasteiger partial charge on any atom is -0.390 e. The number of nitrogens with one attached hydrogen (secondary N) is 1. The third-order valence-electron chi connectivity index (χ3n) is 5.79. The van der Waals surface area contributed by atoms with E-state index in [0.29, 0.717) is 17.1 Å². The maximum absolute atomic E-state index is 9.91. The summed E-state index contributed by atoms with van der Waals surface area (Å²) in [4.78, 5) is 8.93. The number of anilines is 1. The molecule has 1 atom stereocenters. The van der Waals surface area contributed by atoms with E-state index in [-0.39, 0.29) is 12.6 Å². The molecule has 4 aromatic rings. The molecule has 3 heterocycles. The van der Waals surface area contributed by atoms with Gasteiger partial charge >= 0.3 is 0 Å². The first-order valence-corrected chi connectivity index (χ1v) is 10.7. The highest BCUT2D eigenvalue weighted by Crippen LogP contribution is 2.28. The van der Waals surface area contributed by atoms with Crippen LogP contribution >= 0.6 is 0 Å². The van der Waals surface area contributed by atoms with E-state index in [2.05, 4.69) is 63.6 Å². The second-order valence-electron chi connectivity index (χ2n) is 8.17. The molecule has 4 rings (SSSR count). The summed E-state index contributed by atoms with van der Waals surface area (Å²) in [5, 5.41) is 22.3. The first-order chi connectivity index (χ1) is 15.4. The van der Waals surface area contributed by atoms with Crippen molar-refractivity contribution >= 4 is 5.82 Å². The average molecular weight is 429 g/mol. The lowest BCUT2D eigenvalue weighted by Crippen LogP contribution is -2.12. The van der Waals surface area contributed by atoms with Gasteiger partial charge in [-0.25, -0.2) is 9.97 Å². The van der Waals surface area contributed by atoms with Gasteiger partial charge in [0.05, 0.1) is 41.7 Å². The van der Waals surface area contributed by atoms with Crippen LogP contribution in [0, 0.1) is 27.7 Å². The predicted molar refractivity (Wildman–Crippen MR) is 126 cm³/mol. The minimum absolute atomic E-state index is 0.103. The van der Waals surface area contributed by atoms with Crippen molar-refractivity contribution in [1.29, 1.82) is 0 Å². The Labute approximate surface area is 188 Å². The predicted octanol–water partition coefficient (Wildman–Crippen LogP) is 4.62. The number of aromatic nitrogens is 5. The normalized spacial score (nSPS) is 12.1. The molecule has 0 unspecified atom stereocenters. The van der Waals surface area contributed by atoms with E-state index in [1.165, 1.54) is 11.1 Å². The van der Waals surface area contributed by atoms with Gasteiger partial charge in [-0.05, 0) is 63.4 Å². The number of aryl methyl sites for hydroxylation is 2. The summed E-state index contributed by atoms with van der Waals surface area (Å²) in [6.45, 7) is 9.99. The zero-order chi connectivity index (χ0) is 22.8. The van der Waals surface area contributed by atoms with Crippen molar-refractivity contribution in [3.05, 3.63) is 82.6 Å². The van der Waals surface area contributed by atoms with Gasteiger partial charge in [-0.1, -0.05) is 29.8 Å². The molecular formula is C25H28N6O. The van der Waals surface area contributed by atoms with Crippen LogP contribution in [0.1, 0.15) is 46.6 Å². The monoisotopic (exact) mass is 428 g/mol. The molecule has 0 fully saturated rings. The number of nitrogens with zero attached hydrogens (tertiary/aromatic N) is 5. The van der Waals surface area contributed by atoms with Crippen LogP contribution in [0.25, 0.3) is 17.1 Å². The van der Waals surface area contributed by atoms with Crippen LogP contribution in [-0.4, -0.2) is 29.8 Å². The molecule has 3 aromatic heterocycles. The van der Waals surface area contributed by atoms with E-state index in [1.54, 1.807) is 6.33 Å². The van der Waals surface area contributed by atoms with Crippen LogP contribution in [0.4, 0.5) is 5.82 Å². The molecule has 32 heavy (non-hydrogen) atoms. The van der Waals surface area contributed by atoms with Crippen molar-refractivity contribution in [2.24, 2.45) is 0 Å². The van der Waals surface area contributed by atoms with Gasteiger partial charge in [0.1, 0.15) is 5.69 Å². The molecule has 0 saturated carbocycles. The Morgan fingerprint density at radius 1 is 0.969 bits per heavy atom. The van der Waals surface area contributed by atoms with Gasteiger partial charge in [0.25, 0.3) is 0 Å². The van der Waals surface area contributed by atoms with Crippen molar-refractivity contribution in [2.45, 2.75) is 47.3 Å². The van der Waals surface area contributed by atoms with Crippen molar-refractivity contribution < 1.29 is 5.11 Å². The van der Waals surface area contributed by atoms with Crippen molar-refractivity contribution in [3.63, 3.8) is 0 Å². The summed E-state index contributed by atoms with van der Waals surface area (Å²) < 4.78 is 1.86. The van der Waals surface area contributed by atoms with E-state index in [4.69, 9.17) is 0 Å². The maximum atomic E-state index is 9.91. The summed E-state index contributed by atoms with van der Waals surface area (Å²) in [7, 11) is 0. The number of aliphatic hydroxyl groups excluding tert-OH is 1. The molecule has 0 saturated heterocycles. The lowest BCUT2D eigenvalue weighted by molar-refractivity contribution is 0.276. The third-order valence-corrected chi connectivity index (χ3v) is 5.79. The molecule has 7 heteroatoms. The van der Waals surface area contributed by atoms with Crippen molar-refractivity contribution in [3.8, 4) is 17.1 Å². The number of imidazole rings is 1. The molecule has 0 amide bonds. The van der Waals surface area contributed by atoms with E-state index in [1.807, 2.05) is 43.7 Å². The minimum atomic E-state index is -0.181. The summed E-state index contributed by atoms with van der Waals surface area (Å²) in [6, 6.07) is 12.4. The van der Waals surface area contributed by atoms with Gasteiger partial charge in [-0.2, -0.15) is 0 Å². The Morgan fingerprint density at radius 3 is 2.38 bits per heavy atom. The van der Waals surface area contributed by atoms with Crippen LogP contribution in [0.15, 0.2) is 48.9 Å². The Morgan fingerprint density at radius 2 is 1.72 bits per heavy atom. The number of hydrogen-bond donors (Lipinski definition) is 2. The summed E-state index contributed by atoms with van der Waals surface area (Å²) in [6.07, 6.45) is 3.62. The zero-order valence-electron chi connectivity index (χ0n) is 19.1. The first-order valence-electron chi connectivity index (χ1n) is 10.7. The van der Waals surface area contributed by atoms with Gasteiger partial charge < -0.3 is 15.0 Å². The SMILES string of the molecule is Cc1ccc([C@H](C)Nc2nnc(-c3ccc(-n4cnc(C)c4)c(CO)n3)c(C)c2C)cc1. The Balaban J connectivity index is 1.63. The van der Waals surface area contributed by atoms with Gasteiger partial charge in [0, 0.05) is 6.20 Å². The van der Waals surface area contributed by atoms with Gasteiger partial charge in [-0.3, -0.25) is 0 Å². The molecule has 0 aliphatic rings. The van der Waals surface area contributed by atoms with Gasteiger partial charge in [-0.15, -0.1) is 10.2 Å². The number of pyridine rings is 1. The average Bonchev–Trinajstić information content (AvgIpc) is 3.23. The third kappa shape index (κ3) is 4.24.